The Morgan fingerprint density at radius 2 is 2.05 bits per heavy atom. The van der Waals surface area contributed by atoms with Gasteiger partial charge in [0.25, 0.3) is 0 Å². The maximum absolute atomic E-state index is 10.2. The summed E-state index contributed by atoms with van der Waals surface area (Å²) in [6.45, 7) is 0.884. The van der Waals surface area contributed by atoms with E-state index in [0.717, 1.165) is 17.1 Å². The van der Waals surface area contributed by atoms with E-state index >= 15 is 0 Å². The Labute approximate surface area is 129 Å². The van der Waals surface area contributed by atoms with Crippen LogP contribution < -0.4 is 15.4 Å². The van der Waals surface area contributed by atoms with Gasteiger partial charge in [-0.15, -0.1) is 0 Å². The fourth-order valence-corrected chi connectivity index (χ4v) is 1.94. The van der Waals surface area contributed by atoms with Crippen LogP contribution in [-0.2, 0) is 6.54 Å². The van der Waals surface area contributed by atoms with E-state index < -0.39 is 6.10 Å². The van der Waals surface area contributed by atoms with Crippen LogP contribution in [0.5, 0.6) is 5.75 Å². The number of aliphatic imine (C=N–C) groups is 1. The second kappa shape index (κ2) is 8.09. The van der Waals surface area contributed by atoms with Crippen LogP contribution in [0.25, 0.3) is 0 Å². The zero-order valence-electron chi connectivity index (χ0n) is 12.7. The molecular weight excluding hydrogens is 282 g/mol. The summed E-state index contributed by atoms with van der Waals surface area (Å²) in [4.78, 5) is 4.10. The molecule has 0 amide bonds. The van der Waals surface area contributed by atoms with Crippen LogP contribution in [0.1, 0.15) is 17.4 Å². The van der Waals surface area contributed by atoms with Crippen molar-refractivity contribution in [3.8, 4) is 5.75 Å². The van der Waals surface area contributed by atoms with Gasteiger partial charge in [-0.1, -0.05) is 12.1 Å². The highest BCUT2D eigenvalue weighted by molar-refractivity contribution is 5.79. The lowest BCUT2D eigenvalue weighted by Gasteiger charge is -2.15. The molecule has 0 aliphatic heterocycles. The number of hydrogen-bond acceptors (Lipinski definition) is 4. The number of nitrogens with zero attached hydrogens (tertiary/aromatic N) is 1. The van der Waals surface area contributed by atoms with E-state index in [1.807, 2.05) is 36.4 Å². The Morgan fingerprint density at radius 1 is 1.27 bits per heavy atom. The molecular formula is C16H21N3O3. The number of nitrogens with one attached hydrogen (secondary N) is 2. The first kappa shape index (κ1) is 15.9. The number of aliphatic hydroxyl groups excluding tert-OH is 1. The molecule has 6 nitrogen and oxygen atoms in total. The van der Waals surface area contributed by atoms with Gasteiger partial charge in [-0.3, -0.25) is 4.99 Å². The van der Waals surface area contributed by atoms with Crippen molar-refractivity contribution < 1.29 is 14.3 Å². The van der Waals surface area contributed by atoms with Crippen molar-refractivity contribution in [3.63, 3.8) is 0 Å². The molecule has 0 fully saturated rings. The van der Waals surface area contributed by atoms with Crippen molar-refractivity contribution in [2.24, 2.45) is 4.99 Å². The Hall–Kier alpha value is -2.47. The zero-order chi connectivity index (χ0) is 15.8. The van der Waals surface area contributed by atoms with Crippen LogP contribution in [0, 0.1) is 0 Å². The number of rotatable bonds is 6. The molecule has 1 aromatic carbocycles. The summed E-state index contributed by atoms with van der Waals surface area (Å²) in [5.74, 6) is 2.18. The van der Waals surface area contributed by atoms with Crippen molar-refractivity contribution in [3.05, 3.63) is 54.0 Å². The maximum Gasteiger partial charge on any atom is 0.191 e. The fraction of sp³-hybridized carbons (Fsp3) is 0.312. The first-order valence-electron chi connectivity index (χ1n) is 7.02. The summed E-state index contributed by atoms with van der Waals surface area (Å²) < 4.78 is 10.3. The summed E-state index contributed by atoms with van der Waals surface area (Å²) in [5.41, 5.74) is 0.815. The third-order valence-corrected chi connectivity index (χ3v) is 3.20. The SMILES string of the molecule is CN=C(NCc1ccco1)NCC(O)c1ccc(OC)cc1. The molecule has 0 saturated carbocycles. The van der Waals surface area contributed by atoms with Crippen LogP contribution in [0.3, 0.4) is 0 Å². The summed E-state index contributed by atoms with van der Waals surface area (Å²) in [5, 5.41) is 16.4. The molecule has 1 heterocycles. The number of ether oxygens (including phenoxy) is 1. The molecule has 1 atom stereocenters. The van der Waals surface area contributed by atoms with Crippen molar-refractivity contribution in [1.29, 1.82) is 0 Å². The topological polar surface area (TPSA) is 79.0 Å². The van der Waals surface area contributed by atoms with Gasteiger partial charge < -0.3 is 24.9 Å². The third kappa shape index (κ3) is 4.53. The summed E-state index contributed by atoms with van der Waals surface area (Å²) in [6.07, 6.45) is 0.994. The molecule has 6 heteroatoms. The van der Waals surface area contributed by atoms with E-state index in [-0.39, 0.29) is 0 Å². The lowest BCUT2D eigenvalue weighted by Crippen LogP contribution is -2.38. The second-order valence-corrected chi connectivity index (χ2v) is 4.67. The zero-order valence-corrected chi connectivity index (χ0v) is 12.7. The molecule has 22 heavy (non-hydrogen) atoms. The highest BCUT2D eigenvalue weighted by atomic mass is 16.5. The molecule has 0 radical (unpaired) electrons. The maximum atomic E-state index is 10.2. The number of hydrogen-bond donors (Lipinski definition) is 3. The average molecular weight is 303 g/mol. The third-order valence-electron chi connectivity index (χ3n) is 3.20. The van der Waals surface area contributed by atoms with Crippen molar-refractivity contribution >= 4 is 5.96 Å². The fourth-order valence-electron chi connectivity index (χ4n) is 1.94. The van der Waals surface area contributed by atoms with Gasteiger partial charge >= 0.3 is 0 Å². The number of methoxy groups -OCH3 is 1. The Bertz CT molecular complexity index is 579. The molecule has 0 aliphatic carbocycles. The Morgan fingerprint density at radius 3 is 2.64 bits per heavy atom. The minimum absolute atomic E-state index is 0.351. The van der Waals surface area contributed by atoms with Gasteiger partial charge in [-0.2, -0.15) is 0 Å². The van der Waals surface area contributed by atoms with Gasteiger partial charge in [-0.25, -0.2) is 0 Å². The van der Waals surface area contributed by atoms with E-state index in [1.54, 1.807) is 20.4 Å². The van der Waals surface area contributed by atoms with Crippen LogP contribution in [0.2, 0.25) is 0 Å². The molecule has 0 spiro atoms. The minimum Gasteiger partial charge on any atom is -0.497 e. The van der Waals surface area contributed by atoms with Crippen LogP contribution >= 0.6 is 0 Å². The predicted molar refractivity (Wildman–Crippen MR) is 84.9 cm³/mol. The van der Waals surface area contributed by atoms with E-state index in [2.05, 4.69) is 15.6 Å². The standard InChI is InChI=1S/C16H21N3O3/c1-17-16(18-10-14-4-3-9-22-14)19-11-15(20)12-5-7-13(21-2)8-6-12/h3-9,15,20H,10-11H2,1-2H3,(H2,17,18,19). The lowest BCUT2D eigenvalue weighted by atomic mass is 10.1. The predicted octanol–water partition coefficient (Wildman–Crippen LogP) is 1.69. The molecule has 3 N–H and O–H groups in total. The number of benzene rings is 1. The van der Waals surface area contributed by atoms with Gasteiger partial charge in [0.1, 0.15) is 11.5 Å². The van der Waals surface area contributed by atoms with E-state index in [0.29, 0.717) is 19.0 Å². The van der Waals surface area contributed by atoms with Gasteiger partial charge in [-0.05, 0) is 29.8 Å². The van der Waals surface area contributed by atoms with Crippen molar-refractivity contribution in [2.45, 2.75) is 12.6 Å². The minimum atomic E-state index is -0.631. The largest absolute Gasteiger partial charge is 0.497 e. The first-order valence-corrected chi connectivity index (χ1v) is 7.02. The quantitative estimate of drug-likeness (QED) is 0.559. The van der Waals surface area contributed by atoms with Crippen LogP contribution in [0.4, 0.5) is 0 Å². The second-order valence-electron chi connectivity index (χ2n) is 4.67. The molecule has 0 saturated heterocycles. The lowest BCUT2D eigenvalue weighted by molar-refractivity contribution is 0.180. The number of furan rings is 1. The Balaban J connectivity index is 1.81. The average Bonchev–Trinajstić information content (AvgIpc) is 3.08. The first-order chi connectivity index (χ1) is 10.7. The van der Waals surface area contributed by atoms with E-state index in [1.165, 1.54) is 0 Å². The van der Waals surface area contributed by atoms with E-state index in [9.17, 15) is 5.11 Å². The normalized spacial score (nSPS) is 12.8. The number of guanidine groups is 1. The van der Waals surface area contributed by atoms with Crippen LogP contribution in [-0.4, -0.2) is 31.8 Å². The van der Waals surface area contributed by atoms with Crippen LogP contribution in [0.15, 0.2) is 52.1 Å². The van der Waals surface area contributed by atoms with Gasteiger partial charge in [0, 0.05) is 13.6 Å². The molecule has 2 rings (SSSR count). The smallest absolute Gasteiger partial charge is 0.191 e. The number of aliphatic hydroxyl groups is 1. The van der Waals surface area contributed by atoms with Crippen molar-refractivity contribution in [2.75, 3.05) is 20.7 Å². The van der Waals surface area contributed by atoms with Gasteiger partial charge in [0.15, 0.2) is 5.96 Å². The molecule has 2 aromatic rings. The molecule has 118 valence electrons. The summed E-state index contributed by atoms with van der Waals surface area (Å²) in [6, 6.07) is 11.0. The van der Waals surface area contributed by atoms with E-state index in [4.69, 9.17) is 9.15 Å². The van der Waals surface area contributed by atoms with Gasteiger partial charge in [0.05, 0.1) is 26.0 Å². The molecule has 0 bridgehead atoms. The monoisotopic (exact) mass is 303 g/mol. The highest BCUT2D eigenvalue weighted by Crippen LogP contribution is 2.16. The summed E-state index contributed by atoms with van der Waals surface area (Å²) >= 11 is 0. The molecule has 0 aliphatic rings. The molecule has 1 aromatic heterocycles. The van der Waals surface area contributed by atoms with Gasteiger partial charge in [0.2, 0.25) is 0 Å². The van der Waals surface area contributed by atoms with Crippen molar-refractivity contribution in [1.82, 2.24) is 10.6 Å². The Kier molecular flexibility index (Phi) is 5.85. The highest BCUT2D eigenvalue weighted by Gasteiger charge is 2.09. The molecule has 1 unspecified atom stereocenters. The summed E-state index contributed by atoms with van der Waals surface area (Å²) in [7, 11) is 3.29.